The largest absolute Gasteiger partial charge is 0.496 e. The predicted octanol–water partition coefficient (Wildman–Crippen LogP) is 3.25. The quantitative estimate of drug-likeness (QED) is 0.866. The first-order chi connectivity index (χ1) is 8.24. The van der Waals surface area contributed by atoms with Gasteiger partial charge in [-0.3, -0.25) is 5.10 Å². The molecular formula is C11H12ClN3OS. The summed E-state index contributed by atoms with van der Waals surface area (Å²) in [6.45, 7) is 2.06. The van der Waals surface area contributed by atoms with Crippen LogP contribution in [0.4, 0.5) is 0 Å². The van der Waals surface area contributed by atoms with Crippen molar-refractivity contribution < 1.29 is 4.74 Å². The molecular weight excluding hydrogens is 258 g/mol. The van der Waals surface area contributed by atoms with Crippen LogP contribution in [0.2, 0.25) is 5.02 Å². The molecule has 0 atom stereocenters. The SMILES string of the molecule is CCSc1n[nH]c(-c2cc(Cl)ccc2OC)n1. The number of aromatic nitrogens is 3. The molecule has 2 rings (SSSR count). The van der Waals surface area contributed by atoms with Crippen molar-refractivity contribution in [2.75, 3.05) is 12.9 Å². The number of H-pyrrole nitrogens is 1. The number of rotatable bonds is 4. The molecule has 0 saturated heterocycles. The number of ether oxygens (including phenoxy) is 1. The van der Waals surface area contributed by atoms with Crippen molar-refractivity contribution in [1.82, 2.24) is 15.2 Å². The molecule has 0 aliphatic heterocycles. The Labute approximate surface area is 109 Å². The second kappa shape index (κ2) is 5.42. The van der Waals surface area contributed by atoms with Crippen LogP contribution in [0.3, 0.4) is 0 Å². The van der Waals surface area contributed by atoms with Gasteiger partial charge in [0, 0.05) is 5.02 Å². The zero-order chi connectivity index (χ0) is 12.3. The molecule has 17 heavy (non-hydrogen) atoms. The molecule has 0 saturated carbocycles. The van der Waals surface area contributed by atoms with Crippen molar-refractivity contribution in [2.45, 2.75) is 12.1 Å². The first-order valence-electron chi connectivity index (χ1n) is 5.13. The Hall–Kier alpha value is -1.20. The van der Waals surface area contributed by atoms with Crippen LogP contribution in [-0.4, -0.2) is 28.0 Å². The number of methoxy groups -OCH3 is 1. The Morgan fingerprint density at radius 2 is 2.29 bits per heavy atom. The van der Waals surface area contributed by atoms with E-state index in [2.05, 4.69) is 22.1 Å². The van der Waals surface area contributed by atoms with Gasteiger partial charge < -0.3 is 4.74 Å². The van der Waals surface area contributed by atoms with Gasteiger partial charge in [0.1, 0.15) is 5.75 Å². The monoisotopic (exact) mass is 269 g/mol. The van der Waals surface area contributed by atoms with E-state index in [-0.39, 0.29) is 0 Å². The molecule has 1 aromatic carbocycles. The minimum atomic E-state index is 0.641. The molecule has 1 aromatic heterocycles. The lowest BCUT2D eigenvalue weighted by Gasteiger charge is -2.05. The number of nitrogens with one attached hydrogen (secondary N) is 1. The van der Waals surface area contributed by atoms with E-state index in [4.69, 9.17) is 16.3 Å². The summed E-state index contributed by atoms with van der Waals surface area (Å²) in [7, 11) is 1.62. The van der Waals surface area contributed by atoms with Crippen LogP contribution in [0, 0.1) is 0 Å². The van der Waals surface area contributed by atoms with Gasteiger partial charge in [-0.15, -0.1) is 5.10 Å². The number of thioether (sulfide) groups is 1. The number of hydrogen-bond donors (Lipinski definition) is 1. The standard InChI is InChI=1S/C11H12ClN3OS/c1-3-17-11-13-10(14-15-11)8-6-7(12)4-5-9(8)16-2/h4-6H,3H2,1-2H3,(H,13,14,15). The maximum atomic E-state index is 5.97. The van der Waals surface area contributed by atoms with Crippen LogP contribution < -0.4 is 4.74 Å². The number of nitrogens with zero attached hydrogens (tertiary/aromatic N) is 2. The maximum absolute atomic E-state index is 5.97. The molecule has 0 unspecified atom stereocenters. The summed E-state index contributed by atoms with van der Waals surface area (Å²) in [5.41, 5.74) is 0.815. The van der Waals surface area contributed by atoms with Crippen LogP contribution in [0.25, 0.3) is 11.4 Å². The fourth-order valence-electron chi connectivity index (χ4n) is 1.43. The van der Waals surface area contributed by atoms with Gasteiger partial charge in [0.05, 0.1) is 12.7 Å². The highest BCUT2D eigenvalue weighted by Gasteiger charge is 2.11. The van der Waals surface area contributed by atoms with E-state index in [0.717, 1.165) is 22.2 Å². The van der Waals surface area contributed by atoms with Gasteiger partial charge in [0.15, 0.2) is 5.82 Å². The van der Waals surface area contributed by atoms with Crippen molar-refractivity contribution in [2.24, 2.45) is 0 Å². The van der Waals surface area contributed by atoms with Crippen molar-refractivity contribution in [3.05, 3.63) is 23.2 Å². The van der Waals surface area contributed by atoms with Crippen LogP contribution >= 0.6 is 23.4 Å². The van der Waals surface area contributed by atoms with Gasteiger partial charge in [0.2, 0.25) is 5.16 Å². The number of hydrogen-bond acceptors (Lipinski definition) is 4. The average Bonchev–Trinajstić information content (AvgIpc) is 2.78. The van der Waals surface area contributed by atoms with Gasteiger partial charge in [-0.05, 0) is 24.0 Å². The normalized spacial score (nSPS) is 10.5. The second-order valence-corrected chi connectivity index (χ2v) is 4.91. The lowest BCUT2D eigenvalue weighted by atomic mass is 10.2. The van der Waals surface area contributed by atoms with Gasteiger partial charge in [-0.2, -0.15) is 0 Å². The van der Waals surface area contributed by atoms with Crippen LogP contribution in [0.15, 0.2) is 23.4 Å². The third-order valence-electron chi connectivity index (χ3n) is 2.15. The molecule has 6 heteroatoms. The fourth-order valence-corrected chi connectivity index (χ4v) is 2.12. The Morgan fingerprint density at radius 1 is 1.47 bits per heavy atom. The van der Waals surface area contributed by atoms with Crippen molar-refractivity contribution in [3.63, 3.8) is 0 Å². The highest BCUT2D eigenvalue weighted by atomic mass is 35.5. The Kier molecular flexibility index (Phi) is 3.91. The molecule has 0 bridgehead atoms. The second-order valence-electron chi connectivity index (χ2n) is 3.24. The van der Waals surface area contributed by atoms with E-state index in [1.165, 1.54) is 0 Å². The van der Waals surface area contributed by atoms with Gasteiger partial charge in [-0.25, -0.2) is 4.98 Å². The summed E-state index contributed by atoms with van der Waals surface area (Å²) in [6, 6.07) is 5.40. The summed E-state index contributed by atoms with van der Waals surface area (Å²) in [4.78, 5) is 4.38. The van der Waals surface area contributed by atoms with Crippen molar-refractivity contribution in [1.29, 1.82) is 0 Å². The predicted molar refractivity (Wildman–Crippen MR) is 69.8 cm³/mol. The molecule has 90 valence electrons. The zero-order valence-electron chi connectivity index (χ0n) is 9.53. The molecule has 1 N–H and O–H groups in total. The molecule has 0 amide bonds. The first-order valence-corrected chi connectivity index (χ1v) is 6.50. The molecule has 0 aliphatic rings. The minimum Gasteiger partial charge on any atom is -0.496 e. The van der Waals surface area contributed by atoms with E-state index in [1.54, 1.807) is 31.0 Å². The Bertz CT molecular complexity index is 515. The minimum absolute atomic E-state index is 0.641. The van der Waals surface area contributed by atoms with Crippen molar-refractivity contribution >= 4 is 23.4 Å². The fraction of sp³-hybridized carbons (Fsp3) is 0.273. The smallest absolute Gasteiger partial charge is 0.208 e. The number of aromatic amines is 1. The molecule has 0 fully saturated rings. The van der Waals surface area contributed by atoms with E-state index < -0.39 is 0 Å². The molecule has 4 nitrogen and oxygen atoms in total. The third kappa shape index (κ3) is 2.73. The van der Waals surface area contributed by atoms with E-state index >= 15 is 0 Å². The van der Waals surface area contributed by atoms with Gasteiger partial charge in [-0.1, -0.05) is 30.3 Å². The molecule has 0 radical (unpaired) electrons. The summed E-state index contributed by atoms with van der Waals surface area (Å²) in [5.74, 6) is 2.32. The lowest BCUT2D eigenvalue weighted by molar-refractivity contribution is 0.416. The van der Waals surface area contributed by atoms with Gasteiger partial charge in [0.25, 0.3) is 0 Å². The number of halogens is 1. The number of benzene rings is 1. The zero-order valence-corrected chi connectivity index (χ0v) is 11.1. The molecule has 0 aliphatic carbocycles. The molecule has 2 aromatic rings. The van der Waals surface area contributed by atoms with Crippen LogP contribution in [-0.2, 0) is 0 Å². The topological polar surface area (TPSA) is 50.8 Å². The summed E-state index contributed by atoms with van der Waals surface area (Å²) in [6.07, 6.45) is 0. The lowest BCUT2D eigenvalue weighted by Crippen LogP contribution is -1.89. The Balaban J connectivity index is 2.40. The summed E-state index contributed by atoms with van der Waals surface area (Å²) in [5, 5.41) is 8.37. The highest BCUT2D eigenvalue weighted by Crippen LogP contribution is 2.30. The van der Waals surface area contributed by atoms with E-state index in [1.807, 2.05) is 6.07 Å². The first kappa shape index (κ1) is 12.3. The molecule has 1 heterocycles. The van der Waals surface area contributed by atoms with E-state index in [9.17, 15) is 0 Å². The summed E-state index contributed by atoms with van der Waals surface area (Å²) < 4.78 is 5.27. The highest BCUT2D eigenvalue weighted by molar-refractivity contribution is 7.99. The van der Waals surface area contributed by atoms with E-state index in [0.29, 0.717) is 10.8 Å². The van der Waals surface area contributed by atoms with Crippen molar-refractivity contribution in [3.8, 4) is 17.1 Å². The molecule has 0 spiro atoms. The van der Waals surface area contributed by atoms with Gasteiger partial charge >= 0.3 is 0 Å². The summed E-state index contributed by atoms with van der Waals surface area (Å²) >= 11 is 7.55. The van der Waals surface area contributed by atoms with Crippen LogP contribution in [0.5, 0.6) is 5.75 Å². The third-order valence-corrected chi connectivity index (χ3v) is 3.12. The maximum Gasteiger partial charge on any atom is 0.208 e. The van der Waals surface area contributed by atoms with Crippen LogP contribution in [0.1, 0.15) is 6.92 Å². The Morgan fingerprint density at radius 3 is 3.00 bits per heavy atom. The average molecular weight is 270 g/mol.